The molecule has 0 aliphatic carbocycles. The van der Waals surface area contributed by atoms with Gasteiger partial charge in [0.1, 0.15) is 6.67 Å². The van der Waals surface area contributed by atoms with Gasteiger partial charge in [-0.25, -0.2) is 0 Å². The fraction of sp³-hybridized carbons (Fsp3) is 0.500. The summed E-state index contributed by atoms with van der Waals surface area (Å²) in [5.41, 5.74) is 0. The molecule has 0 aromatic heterocycles. The molecule has 1 rings (SSSR count). The molecule has 0 radical (unpaired) electrons. The van der Waals surface area contributed by atoms with E-state index < -0.39 is 0 Å². The minimum atomic E-state index is 0. The molecule has 0 aromatic carbocycles. The Labute approximate surface area is 61.7 Å². The van der Waals surface area contributed by atoms with Crippen LogP contribution in [-0.2, 0) is 0 Å². The summed E-state index contributed by atoms with van der Waals surface area (Å²) in [6, 6.07) is 0. The van der Waals surface area contributed by atoms with E-state index in [4.69, 9.17) is 0 Å². The summed E-state index contributed by atoms with van der Waals surface area (Å²) < 4.78 is 0. The van der Waals surface area contributed by atoms with Gasteiger partial charge >= 0.3 is 0 Å². The van der Waals surface area contributed by atoms with Crippen molar-refractivity contribution >= 4 is 18.6 Å². The van der Waals surface area contributed by atoms with Gasteiger partial charge in [-0.1, -0.05) is 0 Å². The molecule has 1 aliphatic heterocycles. The van der Waals surface area contributed by atoms with Crippen LogP contribution in [0, 0.1) is 0 Å². The van der Waals surface area contributed by atoms with Crippen molar-refractivity contribution in [3.05, 3.63) is 12.3 Å². The van der Waals surface area contributed by atoms with Gasteiger partial charge in [-0.15, -0.1) is 12.4 Å². The molecule has 0 fully saturated rings. The van der Waals surface area contributed by atoms with Gasteiger partial charge in [0.05, 0.1) is 0 Å². The van der Waals surface area contributed by atoms with Crippen molar-refractivity contribution < 1.29 is 0 Å². The third kappa shape index (κ3) is 2.51. The molecule has 0 bridgehead atoms. The lowest BCUT2D eigenvalue weighted by molar-refractivity contribution is 0.408. The quantitative estimate of drug-likeness (QED) is 0.544. The molecule has 1 heterocycles. The summed E-state index contributed by atoms with van der Waals surface area (Å²) >= 11 is 0. The SMILES string of the molecule is CCN1C=CC=NC1.Cl. The number of nitrogens with zero attached hydrogens (tertiary/aromatic N) is 2. The standard InChI is InChI=1S/C6H10N2.ClH/c1-2-8-5-3-4-7-6-8;/h3-5H,2,6H2,1H3;1H. The number of allylic oxidation sites excluding steroid dienone is 1. The van der Waals surface area contributed by atoms with E-state index in [-0.39, 0.29) is 12.4 Å². The molecule has 0 saturated carbocycles. The first kappa shape index (κ1) is 8.50. The van der Waals surface area contributed by atoms with E-state index in [1.165, 1.54) is 0 Å². The third-order valence-corrected chi connectivity index (χ3v) is 1.16. The van der Waals surface area contributed by atoms with Crippen LogP contribution in [0.15, 0.2) is 17.3 Å². The van der Waals surface area contributed by atoms with Crippen molar-refractivity contribution in [1.82, 2.24) is 4.90 Å². The highest BCUT2D eigenvalue weighted by Gasteiger charge is 1.92. The second-order valence-corrected chi connectivity index (χ2v) is 1.72. The minimum absolute atomic E-state index is 0. The van der Waals surface area contributed by atoms with Crippen molar-refractivity contribution in [3.8, 4) is 0 Å². The summed E-state index contributed by atoms with van der Waals surface area (Å²) in [5.74, 6) is 0. The van der Waals surface area contributed by atoms with Gasteiger partial charge in [0.15, 0.2) is 0 Å². The monoisotopic (exact) mass is 146 g/mol. The lowest BCUT2D eigenvalue weighted by atomic mass is 10.5. The third-order valence-electron chi connectivity index (χ3n) is 1.16. The maximum Gasteiger partial charge on any atom is 0.109 e. The average molecular weight is 147 g/mol. The maximum absolute atomic E-state index is 4.04. The zero-order chi connectivity index (χ0) is 5.82. The first-order valence-electron chi connectivity index (χ1n) is 2.84. The molecule has 3 heteroatoms. The molecule has 0 spiro atoms. The van der Waals surface area contributed by atoms with E-state index in [9.17, 15) is 0 Å². The average Bonchev–Trinajstić information content (AvgIpc) is 1.90. The van der Waals surface area contributed by atoms with E-state index in [0.717, 1.165) is 13.2 Å². The number of hydrogen-bond acceptors (Lipinski definition) is 2. The van der Waals surface area contributed by atoms with Crippen LogP contribution in [0.3, 0.4) is 0 Å². The molecule has 9 heavy (non-hydrogen) atoms. The molecule has 1 aliphatic rings. The summed E-state index contributed by atoms with van der Waals surface area (Å²) in [7, 11) is 0. The predicted molar refractivity (Wildman–Crippen MR) is 42.1 cm³/mol. The van der Waals surface area contributed by atoms with E-state index in [1.807, 2.05) is 18.5 Å². The molecular weight excluding hydrogens is 136 g/mol. The highest BCUT2D eigenvalue weighted by molar-refractivity contribution is 5.85. The molecule has 0 unspecified atom stereocenters. The Morgan fingerprint density at radius 2 is 2.44 bits per heavy atom. The Hall–Kier alpha value is -0.500. The molecule has 0 aromatic rings. The highest BCUT2D eigenvalue weighted by Crippen LogP contribution is 1.92. The van der Waals surface area contributed by atoms with Gasteiger partial charge in [-0.05, 0) is 13.0 Å². The summed E-state index contributed by atoms with van der Waals surface area (Å²) in [6.07, 6.45) is 5.83. The van der Waals surface area contributed by atoms with Crippen molar-refractivity contribution in [2.24, 2.45) is 4.99 Å². The van der Waals surface area contributed by atoms with Crippen LogP contribution in [0.2, 0.25) is 0 Å². The van der Waals surface area contributed by atoms with E-state index >= 15 is 0 Å². The minimum Gasteiger partial charge on any atom is -0.359 e. The smallest absolute Gasteiger partial charge is 0.109 e. The Balaban J connectivity index is 0.000000640. The van der Waals surface area contributed by atoms with Gasteiger partial charge in [-0.3, -0.25) is 4.99 Å². The highest BCUT2D eigenvalue weighted by atomic mass is 35.5. The van der Waals surface area contributed by atoms with Gasteiger partial charge in [0.25, 0.3) is 0 Å². The number of halogens is 1. The van der Waals surface area contributed by atoms with Gasteiger partial charge in [0, 0.05) is 19.0 Å². The van der Waals surface area contributed by atoms with Crippen LogP contribution >= 0.6 is 12.4 Å². The molecule has 0 N–H and O–H groups in total. The van der Waals surface area contributed by atoms with E-state index in [2.05, 4.69) is 16.8 Å². The van der Waals surface area contributed by atoms with Gasteiger partial charge in [-0.2, -0.15) is 0 Å². The number of rotatable bonds is 1. The normalized spacial score (nSPS) is 15.4. The summed E-state index contributed by atoms with van der Waals surface area (Å²) in [6.45, 7) is 3.99. The van der Waals surface area contributed by atoms with Crippen molar-refractivity contribution in [1.29, 1.82) is 0 Å². The van der Waals surface area contributed by atoms with E-state index in [0.29, 0.717) is 0 Å². The zero-order valence-electron chi connectivity index (χ0n) is 5.45. The second-order valence-electron chi connectivity index (χ2n) is 1.72. The molecular formula is C6H11ClN2. The lowest BCUT2D eigenvalue weighted by Gasteiger charge is -2.16. The van der Waals surface area contributed by atoms with Crippen LogP contribution in [-0.4, -0.2) is 24.3 Å². The van der Waals surface area contributed by atoms with Gasteiger partial charge in [0.2, 0.25) is 0 Å². The Kier molecular flexibility index (Phi) is 4.14. The van der Waals surface area contributed by atoms with Crippen LogP contribution in [0.5, 0.6) is 0 Å². The summed E-state index contributed by atoms with van der Waals surface area (Å²) in [4.78, 5) is 6.18. The summed E-state index contributed by atoms with van der Waals surface area (Å²) in [5, 5.41) is 0. The molecule has 0 atom stereocenters. The predicted octanol–water partition coefficient (Wildman–Crippen LogP) is 1.29. The largest absolute Gasteiger partial charge is 0.359 e. The topological polar surface area (TPSA) is 15.6 Å². The van der Waals surface area contributed by atoms with Gasteiger partial charge < -0.3 is 4.90 Å². The maximum atomic E-state index is 4.04. The molecule has 2 nitrogen and oxygen atoms in total. The fourth-order valence-electron chi connectivity index (χ4n) is 0.626. The Morgan fingerprint density at radius 1 is 1.67 bits per heavy atom. The molecule has 0 saturated heterocycles. The first-order chi connectivity index (χ1) is 3.93. The molecule has 0 amide bonds. The van der Waals surface area contributed by atoms with Crippen LogP contribution in [0.25, 0.3) is 0 Å². The van der Waals surface area contributed by atoms with Crippen LogP contribution in [0.4, 0.5) is 0 Å². The van der Waals surface area contributed by atoms with Crippen molar-refractivity contribution in [2.75, 3.05) is 13.2 Å². The first-order valence-corrected chi connectivity index (χ1v) is 2.84. The van der Waals surface area contributed by atoms with E-state index in [1.54, 1.807) is 0 Å². The van der Waals surface area contributed by atoms with Crippen LogP contribution in [0.1, 0.15) is 6.92 Å². The van der Waals surface area contributed by atoms with Crippen LogP contribution < -0.4 is 0 Å². The van der Waals surface area contributed by atoms with Crippen molar-refractivity contribution in [3.63, 3.8) is 0 Å². The second kappa shape index (κ2) is 4.39. The zero-order valence-corrected chi connectivity index (χ0v) is 6.27. The number of hydrogen-bond donors (Lipinski definition) is 0. The lowest BCUT2D eigenvalue weighted by Crippen LogP contribution is -2.18. The Morgan fingerprint density at radius 3 is 2.78 bits per heavy atom. The Bertz CT molecular complexity index is 120. The number of aliphatic imine (C=N–C) groups is 1. The van der Waals surface area contributed by atoms with Crippen molar-refractivity contribution in [2.45, 2.75) is 6.92 Å². The fourth-order valence-corrected chi connectivity index (χ4v) is 0.626. The molecule has 52 valence electrons.